The average Bonchev–Trinajstić information content (AvgIpc) is 2.77. The van der Waals surface area contributed by atoms with Crippen LogP contribution >= 0.6 is 0 Å². The molecule has 1 aromatic heterocycles. The molecule has 1 rings (SSSR count). The number of carbonyl (C=O) groups is 2. The Morgan fingerprint density at radius 2 is 2.35 bits per heavy atom. The maximum absolute atomic E-state index is 11.6. The molecule has 7 heteroatoms. The number of H-pyrrole nitrogens is 1. The zero-order chi connectivity index (χ0) is 12.8. The molecule has 2 atom stereocenters. The van der Waals surface area contributed by atoms with Crippen LogP contribution in [0.1, 0.15) is 31.6 Å². The summed E-state index contributed by atoms with van der Waals surface area (Å²) in [4.78, 5) is 28.9. The molecule has 1 aromatic rings. The predicted molar refractivity (Wildman–Crippen MR) is 60.0 cm³/mol. The number of aromatic nitrogens is 2. The molecule has 1 amide bonds. The van der Waals surface area contributed by atoms with Gasteiger partial charge in [-0.1, -0.05) is 6.92 Å². The van der Waals surface area contributed by atoms with Crippen molar-refractivity contribution in [1.29, 1.82) is 0 Å². The number of hydrogen-bond donors (Lipinski definition) is 4. The summed E-state index contributed by atoms with van der Waals surface area (Å²) < 4.78 is 0. The molecule has 0 spiro atoms. The first-order chi connectivity index (χ1) is 8.04. The van der Waals surface area contributed by atoms with Crippen molar-refractivity contribution < 1.29 is 14.7 Å². The minimum Gasteiger partial charge on any atom is -0.481 e. The Bertz CT molecular complexity index is 377. The fraction of sp³-hybridized carbons (Fsp3) is 0.500. The number of imidazole rings is 1. The summed E-state index contributed by atoms with van der Waals surface area (Å²) in [5, 5.41) is 11.2. The number of hydrogen-bond acceptors (Lipinski definition) is 4. The molecule has 17 heavy (non-hydrogen) atoms. The molecule has 0 saturated carbocycles. The van der Waals surface area contributed by atoms with E-state index in [1.165, 1.54) is 0 Å². The lowest BCUT2D eigenvalue weighted by Crippen LogP contribution is -2.43. The number of nitrogens with two attached hydrogens (primary N) is 1. The molecule has 0 saturated heterocycles. The van der Waals surface area contributed by atoms with Crippen LogP contribution in [0.5, 0.6) is 0 Å². The molecule has 1 heterocycles. The van der Waals surface area contributed by atoms with Gasteiger partial charge in [0, 0.05) is 12.4 Å². The zero-order valence-corrected chi connectivity index (χ0v) is 9.51. The van der Waals surface area contributed by atoms with E-state index in [9.17, 15) is 9.59 Å². The van der Waals surface area contributed by atoms with Crippen LogP contribution in [0.15, 0.2) is 12.4 Å². The Kier molecular flexibility index (Phi) is 4.65. The third-order valence-corrected chi connectivity index (χ3v) is 2.31. The van der Waals surface area contributed by atoms with Gasteiger partial charge in [0.05, 0.1) is 18.5 Å². The molecule has 0 fully saturated rings. The monoisotopic (exact) mass is 240 g/mol. The number of rotatable bonds is 6. The number of nitrogens with zero attached hydrogens (tertiary/aromatic N) is 1. The van der Waals surface area contributed by atoms with E-state index >= 15 is 0 Å². The van der Waals surface area contributed by atoms with E-state index in [1.807, 2.05) is 6.92 Å². The highest BCUT2D eigenvalue weighted by Crippen LogP contribution is 2.11. The molecular weight excluding hydrogens is 224 g/mol. The molecule has 5 N–H and O–H groups in total. The van der Waals surface area contributed by atoms with Crippen LogP contribution in [0.2, 0.25) is 0 Å². The van der Waals surface area contributed by atoms with Gasteiger partial charge in [-0.05, 0) is 6.42 Å². The van der Waals surface area contributed by atoms with Crippen LogP contribution < -0.4 is 11.1 Å². The van der Waals surface area contributed by atoms with Crippen LogP contribution in [0.25, 0.3) is 0 Å². The van der Waals surface area contributed by atoms with Crippen LogP contribution in [0.4, 0.5) is 0 Å². The number of amides is 1. The predicted octanol–water partition coefficient (Wildman–Crippen LogP) is -0.221. The fourth-order valence-electron chi connectivity index (χ4n) is 1.39. The lowest BCUT2D eigenvalue weighted by Gasteiger charge is -2.17. The molecular formula is C10H16N4O3. The quantitative estimate of drug-likeness (QED) is 0.547. The van der Waals surface area contributed by atoms with E-state index in [0.717, 1.165) is 0 Å². The summed E-state index contributed by atoms with van der Waals surface area (Å²) in [5.41, 5.74) is 5.45. The maximum Gasteiger partial charge on any atom is 0.305 e. The Balaban J connectivity index is 2.57. The van der Waals surface area contributed by atoms with Gasteiger partial charge in [0.15, 0.2) is 0 Å². The van der Waals surface area contributed by atoms with E-state index in [4.69, 9.17) is 10.8 Å². The second kappa shape index (κ2) is 6.00. The minimum atomic E-state index is -1.10. The van der Waals surface area contributed by atoms with Crippen molar-refractivity contribution in [2.75, 3.05) is 0 Å². The Labute approximate surface area is 98.4 Å². The van der Waals surface area contributed by atoms with Crippen molar-refractivity contribution in [2.45, 2.75) is 31.8 Å². The smallest absolute Gasteiger partial charge is 0.305 e. The third-order valence-electron chi connectivity index (χ3n) is 2.31. The molecule has 94 valence electrons. The Hall–Kier alpha value is -1.89. The number of carboxylic acids is 1. The van der Waals surface area contributed by atoms with Gasteiger partial charge in [0.1, 0.15) is 5.82 Å². The van der Waals surface area contributed by atoms with Crippen LogP contribution in [0.3, 0.4) is 0 Å². The van der Waals surface area contributed by atoms with Crippen molar-refractivity contribution in [2.24, 2.45) is 5.73 Å². The summed E-state index contributed by atoms with van der Waals surface area (Å²) in [5.74, 6) is -0.960. The molecule has 0 aromatic carbocycles. The molecule has 0 aliphatic rings. The molecule has 0 aliphatic heterocycles. The van der Waals surface area contributed by atoms with E-state index in [0.29, 0.717) is 12.2 Å². The Morgan fingerprint density at radius 1 is 1.65 bits per heavy atom. The van der Waals surface area contributed by atoms with E-state index in [-0.39, 0.29) is 12.5 Å². The van der Waals surface area contributed by atoms with E-state index in [1.54, 1.807) is 12.4 Å². The second-order valence-corrected chi connectivity index (χ2v) is 3.65. The summed E-state index contributed by atoms with van der Waals surface area (Å²) in [6.07, 6.45) is 3.49. The van der Waals surface area contributed by atoms with Crippen molar-refractivity contribution in [3.63, 3.8) is 0 Å². The van der Waals surface area contributed by atoms with Gasteiger partial charge in [0.2, 0.25) is 5.91 Å². The topological polar surface area (TPSA) is 121 Å². The van der Waals surface area contributed by atoms with Gasteiger partial charge in [-0.15, -0.1) is 0 Å². The van der Waals surface area contributed by atoms with Gasteiger partial charge >= 0.3 is 5.97 Å². The highest BCUT2D eigenvalue weighted by molar-refractivity contribution is 5.86. The molecule has 0 radical (unpaired) electrons. The first-order valence-corrected chi connectivity index (χ1v) is 5.31. The molecule has 2 unspecified atom stereocenters. The van der Waals surface area contributed by atoms with E-state index in [2.05, 4.69) is 15.3 Å². The lowest BCUT2D eigenvalue weighted by atomic mass is 10.1. The number of aromatic amines is 1. The van der Waals surface area contributed by atoms with E-state index < -0.39 is 17.9 Å². The summed E-state index contributed by atoms with van der Waals surface area (Å²) in [6, 6.07) is -1.33. The highest BCUT2D eigenvalue weighted by Gasteiger charge is 2.21. The second-order valence-electron chi connectivity index (χ2n) is 3.65. The fourth-order valence-corrected chi connectivity index (χ4v) is 1.39. The number of nitrogens with one attached hydrogen (secondary N) is 2. The largest absolute Gasteiger partial charge is 0.481 e. The van der Waals surface area contributed by atoms with Crippen molar-refractivity contribution in [3.05, 3.63) is 18.2 Å². The standard InChI is InChI=1S/C10H16N4O3/c1-2-7(9-12-3-4-13-9)14-10(17)6(11)5-8(15)16/h3-4,6-7H,2,5,11H2,1H3,(H,12,13)(H,14,17)(H,15,16). The highest BCUT2D eigenvalue weighted by atomic mass is 16.4. The zero-order valence-electron chi connectivity index (χ0n) is 9.51. The van der Waals surface area contributed by atoms with Gasteiger partial charge in [-0.25, -0.2) is 4.98 Å². The molecule has 7 nitrogen and oxygen atoms in total. The number of aliphatic carboxylic acids is 1. The first-order valence-electron chi connectivity index (χ1n) is 5.31. The maximum atomic E-state index is 11.6. The van der Waals surface area contributed by atoms with Crippen molar-refractivity contribution >= 4 is 11.9 Å². The summed E-state index contributed by atoms with van der Waals surface area (Å²) in [6.45, 7) is 1.89. The normalized spacial score (nSPS) is 14.0. The minimum absolute atomic E-state index is 0.280. The van der Waals surface area contributed by atoms with Crippen LogP contribution in [-0.2, 0) is 9.59 Å². The van der Waals surface area contributed by atoms with Gasteiger partial charge in [0.25, 0.3) is 0 Å². The van der Waals surface area contributed by atoms with Crippen molar-refractivity contribution in [3.8, 4) is 0 Å². The first kappa shape index (κ1) is 13.2. The van der Waals surface area contributed by atoms with Gasteiger partial charge in [-0.3, -0.25) is 9.59 Å². The summed E-state index contributed by atoms with van der Waals surface area (Å²) >= 11 is 0. The van der Waals surface area contributed by atoms with Gasteiger partial charge in [-0.2, -0.15) is 0 Å². The average molecular weight is 240 g/mol. The Morgan fingerprint density at radius 3 is 2.82 bits per heavy atom. The molecule has 0 bridgehead atoms. The van der Waals surface area contributed by atoms with Crippen LogP contribution in [0, 0.1) is 0 Å². The van der Waals surface area contributed by atoms with Crippen LogP contribution in [-0.4, -0.2) is 33.0 Å². The number of carboxylic acid groups (broad SMARTS) is 1. The van der Waals surface area contributed by atoms with Crippen molar-refractivity contribution in [1.82, 2.24) is 15.3 Å². The third kappa shape index (κ3) is 3.87. The lowest BCUT2D eigenvalue weighted by molar-refractivity contribution is -0.139. The number of carbonyl (C=O) groups excluding carboxylic acids is 1. The SMILES string of the molecule is CCC(NC(=O)C(N)CC(=O)O)c1ncc[nH]1. The van der Waals surface area contributed by atoms with Gasteiger partial charge < -0.3 is 21.1 Å². The summed E-state index contributed by atoms with van der Waals surface area (Å²) in [7, 11) is 0. The molecule has 0 aliphatic carbocycles.